The smallest absolute Gasteiger partial charge is 0.312 e. The molecule has 6 nitrogen and oxygen atoms in total. The van der Waals surface area contributed by atoms with Gasteiger partial charge in [0.15, 0.2) is 0 Å². The summed E-state index contributed by atoms with van der Waals surface area (Å²) < 4.78 is 0. The Bertz CT molecular complexity index is 339. The second-order valence-electron chi connectivity index (χ2n) is 5.67. The van der Waals surface area contributed by atoms with Crippen molar-refractivity contribution in [1.82, 2.24) is 15.1 Å². The topological polar surface area (TPSA) is 72.9 Å². The molecule has 2 heterocycles. The van der Waals surface area contributed by atoms with Crippen molar-refractivity contribution >= 4 is 11.8 Å². The van der Waals surface area contributed by atoms with Crippen molar-refractivity contribution in [1.29, 1.82) is 0 Å². The Morgan fingerprint density at radius 2 is 1.80 bits per heavy atom. The molecule has 2 rings (SSSR count). The predicted octanol–water partition coefficient (Wildman–Crippen LogP) is -0.571. The van der Waals surface area contributed by atoms with Crippen LogP contribution in [0.15, 0.2) is 0 Å². The highest BCUT2D eigenvalue weighted by atomic mass is 16.3. The SMILES string of the molecule is O=C(C(=O)N1CCCC(CCO)C1)N1CCCNCC1. The Morgan fingerprint density at radius 1 is 1.05 bits per heavy atom. The molecule has 1 unspecified atom stereocenters. The zero-order chi connectivity index (χ0) is 14.4. The average molecular weight is 283 g/mol. The molecule has 2 aliphatic heterocycles. The van der Waals surface area contributed by atoms with E-state index in [1.807, 2.05) is 0 Å². The van der Waals surface area contributed by atoms with Crippen LogP contribution in [0, 0.1) is 5.92 Å². The van der Waals surface area contributed by atoms with Crippen molar-refractivity contribution in [3.63, 3.8) is 0 Å². The summed E-state index contributed by atoms with van der Waals surface area (Å²) >= 11 is 0. The lowest BCUT2D eigenvalue weighted by molar-refractivity contribution is -0.152. The van der Waals surface area contributed by atoms with Gasteiger partial charge in [0, 0.05) is 39.3 Å². The van der Waals surface area contributed by atoms with Gasteiger partial charge in [-0.15, -0.1) is 0 Å². The highest BCUT2D eigenvalue weighted by Gasteiger charge is 2.30. The molecule has 2 aliphatic rings. The Balaban J connectivity index is 1.90. The fraction of sp³-hybridized carbons (Fsp3) is 0.857. The van der Waals surface area contributed by atoms with E-state index in [0.29, 0.717) is 38.5 Å². The minimum Gasteiger partial charge on any atom is -0.396 e. The van der Waals surface area contributed by atoms with Crippen LogP contribution in [0.1, 0.15) is 25.7 Å². The van der Waals surface area contributed by atoms with E-state index in [4.69, 9.17) is 5.11 Å². The molecule has 0 bridgehead atoms. The third kappa shape index (κ3) is 3.93. The summed E-state index contributed by atoms with van der Waals surface area (Å²) in [6.45, 7) is 4.35. The third-order valence-electron chi connectivity index (χ3n) is 4.15. The lowest BCUT2D eigenvalue weighted by atomic mass is 9.95. The van der Waals surface area contributed by atoms with Crippen LogP contribution in [0.2, 0.25) is 0 Å². The predicted molar refractivity (Wildman–Crippen MR) is 75.1 cm³/mol. The van der Waals surface area contributed by atoms with Crippen LogP contribution in [0.4, 0.5) is 0 Å². The van der Waals surface area contributed by atoms with Gasteiger partial charge in [0.1, 0.15) is 0 Å². The number of likely N-dealkylation sites (tertiary alicyclic amines) is 1. The molecule has 0 aromatic heterocycles. The number of aliphatic hydroxyl groups is 1. The third-order valence-corrected chi connectivity index (χ3v) is 4.15. The largest absolute Gasteiger partial charge is 0.396 e. The van der Waals surface area contributed by atoms with Gasteiger partial charge in [-0.05, 0) is 38.1 Å². The molecule has 0 aliphatic carbocycles. The second kappa shape index (κ2) is 7.59. The maximum Gasteiger partial charge on any atom is 0.312 e. The first kappa shape index (κ1) is 15.3. The van der Waals surface area contributed by atoms with Crippen molar-refractivity contribution in [2.24, 2.45) is 5.92 Å². The summed E-state index contributed by atoms with van der Waals surface area (Å²) in [5, 5.41) is 12.2. The van der Waals surface area contributed by atoms with Gasteiger partial charge in [0.2, 0.25) is 0 Å². The fourth-order valence-electron chi connectivity index (χ4n) is 2.99. The molecule has 0 aromatic carbocycles. The minimum atomic E-state index is -0.366. The first-order valence-electron chi connectivity index (χ1n) is 7.62. The van der Waals surface area contributed by atoms with Crippen LogP contribution < -0.4 is 5.32 Å². The van der Waals surface area contributed by atoms with Gasteiger partial charge in [-0.3, -0.25) is 9.59 Å². The van der Waals surface area contributed by atoms with Crippen LogP contribution in [-0.4, -0.2) is 72.6 Å². The van der Waals surface area contributed by atoms with Gasteiger partial charge >= 0.3 is 11.8 Å². The normalized spacial score (nSPS) is 24.4. The van der Waals surface area contributed by atoms with E-state index in [9.17, 15) is 9.59 Å². The van der Waals surface area contributed by atoms with Crippen LogP contribution in [0.25, 0.3) is 0 Å². The maximum atomic E-state index is 12.3. The number of hydrogen-bond donors (Lipinski definition) is 2. The van der Waals surface area contributed by atoms with Gasteiger partial charge in [0.05, 0.1) is 0 Å². The van der Waals surface area contributed by atoms with Crippen LogP contribution in [-0.2, 0) is 9.59 Å². The van der Waals surface area contributed by atoms with Crippen molar-refractivity contribution in [3.8, 4) is 0 Å². The van der Waals surface area contributed by atoms with Crippen molar-refractivity contribution in [2.45, 2.75) is 25.7 Å². The van der Waals surface area contributed by atoms with Gasteiger partial charge in [-0.25, -0.2) is 0 Å². The zero-order valence-corrected chi connectivity index (χ0v) is 12.0. The second-order valence-corrected chi connectivity index (χ2v) is 5.67. The molecule has 0 spiro atoms. The van der Waals surface area contributed by atoms with E-state index < -0.39 is 0 Å². The van der Waals surface area contributed by atoms with E-state index >= 15 is 0 Å². The maximum absolute atomic E-state index is 12.3. The fourth-order valence-corrected chi connectivity index (χ4v) is 2.99. The van der Waals surface area contributed by atoms with E-state index in [1.54, 1.807) is 9.80 Å². The Labute approximate surface area is 120 Å². The Morgan fingerprint density at radius 3 is 2.60 bits per heavy atom. The van der Waals surface area contributed by atoms with Crippen molar-refractivity contribution in [2.75, 3.05) is 45.9 Å². The molecule has 114 valence electrons. The zero-order valence-electron chi connectivity index (χ0n) is 12.0. The van der Waals surface area contributed by atoms with Gasteiger partial charge in [-0.2, -0.15) is 0 Å². The molecular weight excluding hydrogens is 258 g/mol. The molecule has 2 N–H and O–H groups in total. The molecule has 1 atom stereocenters. The summed E-state index contributed by atoms with van der Waals surface area (Å²) in [5.74, 6) is -0.399. The van der Waals surface area contributed by atoms with Gasteiger partial charge < -0.3 is 20.2 Å². The minimum absolute atomic E-state index is 0.151. The molecule has 2 fully saturated rings. The molecule has 6 heteroatoms. The highest BCUT2D eigenvalue weighted by Crippen LogP contribution is 2.19. The van der Waals surface area contributed by atoms with E-state index in [1.165, 1.54) is 0 Å². The van der Waals surface area contributed by atoms with Crippen molar-refractivity contribution in [3.05, 3.63) is 0 Å². The van der Waals surface area contributed by atoms with Gasteiger partial charge in [0.25, 0.3) is 0 Å². The monoisotopic (exact) mass is 283 g/mol. The Kier molecular flexibility index (Phi) is 5.79. The first-order chi connectivity index (χ1) is 9.72. The number of nitrogens with one attached hydrogen (secondary N) is 1. The average Bonchev–Trinajstić information content (AvgIpc) is 2.75. The summed E-state index contributed by atoms with van der Waals surface area (Å²) in [7, 11) is 0. The van der Waals surface area contributed by atoms with Crippen LogP contribution in [0.5, 0.6) is 0 Å². The number of piperidine rings is 1. The highest BCUT2D eigenvalue weighted by molar-refractivity contribution is 6.34. The molecule has 2 amide bonds. The Hall–Kier alpha value is -1.14. The van der Waals surface area contributed by atoms with Gasteiger partial charge in [-0.1, -0.05) is 0 Å². The van der Waals surface area contributed by atoms with E-state index in [0.717, 1.165) is 32.4 Å². The van der Waals surface area contributed by atoms with E-state index in [-0.39, 0.29) is 18.4 Å². The van der Waals surface area contributed by atoms with Crippen LogP contribution in [0.3, 0.4) is 0 Å². The lowest BCUT2D eigenvalue weighted by Gasteiger charge is -2.33. The summed E-state index contributed by atoms with van der Waals surface area (Å²) in [6, 6.07) is 0. The number of amides is 2. The lowest BCUT2D eigenvalue weighted by Crippen LogP contribution is -2.49. The molecule has 2 saturated heterocycles. The molecule has 20 heavy (non-hydrogen) atoms. The number of nitrogens with zero attached hydrogens (tertiary/aromatic N) is 2. The van der Waals surface area contributed by atoms with Crippen molar-refractivity contribution < 1.29 is 14.7 Å². The molecule has 0 saturated carbocycles. The number of aliphatic hydroxyl groups excluding tert-OH is 1. The first-order valence-corrected chi connectivity index (χ1v) is 7.62. The molecule has 0 aromatic rings. The number of hydrogen-bond acceptors (Lipinski definition) is 4. The summed E-state index contributed by atoms with van der Waals surface area (Å²) in [5.41, 5.74) is 0. The molecule has 0 radical (unpaired) electrons. The number of carbonyl (C=O) groups excluding carboxylic acids is 2. The number of rotatable bonds is 2. The molecular formula is C14H25N3O3. The number of carbonyl (C=O) groups is 2. The van der Waals surface area contributed by atoms with E-state index in [2.05, 4.69) is 5.32 Å². The van der Waals surface area contributed by atoms with Crippen LogP contribution >= 0.6 is 0 Å². The standard InChI is InChI=1S/C14H25N3O3/c18-10-4-12-3-1-7-17(11-12)14(20)13(19)16-8-2-5-15-6-9-16/h12,15,18H,1-11H2. The summed E-state index contributed by atoms with van der Waals surface area (Å²) in [4.78, 5) is 27.9. The quantitative estimate of drug-likeness (QED) is 0.666. The summed E-state index contributed by atoms with van der Waals surface area (Å²) in [6.07, 6.45) is 3.56.